The third-order valence-corrected chi connectivity index (χ3v) is 4.97. The van der Waals surface area contributed by atoms with Crippen molar-refractivity contribution in [1.82, 2.24) is 9.88 Å². The van der Waals surface area contributed by atoms with Crippen molar-refractivity contribution < 1.29 is 19.4 Å². The normalized spacial score (nSPS) is 18.7. The molecule has 1 aliphatic rings. The molecule has 2 unspecified atom stereocenters. The van der Waals surface area contributed by atoms with Gasteiger partial charge in [0, 0.05) is 18.9 Å². The van der Waals surface area contributed by atoms with Gasteiger partial charge in [-0.05, 0) is 55.6 Å². The van der Waals surface area contributed by atoms with Gasteiger partial charge < -0.3 is 14.6 Å². The van der Waals surface area contributed by atoms with E-state index in [0.717, 1.165) is 30.5 Å². The van der Waals surface area contributed by atoms with E-state index in [1.165, 1.54) is 0 Å². The van der Waals surface area contributed by atoms with E-state index in [1.807, 2.05) is 43.5 Å². The van der Waals surface area contributed by atoms with Crippen LogP contribution >= 0.6 is 0 Å². The van der Waals surface area contributed by atoms with Crippen LogP contribution in [0.3, 0.4) is 0 Å². The molecule has 1 aromatic heterocycles. The summed E-state index contributed by atoms with van der Waals surface area (Å²) in [6, 6.07) is 9.78. The first-order valence-electron chi connectivity index (χ1n) is 9.31. The van der Waals surface area contributed by atoms with Gasteiger partial charge in [-0.3, -0.25) is 14.7 Å². The minimum absolute atomic E-state index is 0.0778. The molecule has 0 radical (unpaired) electrons. The Balaban J connectivity index is 2.00. The van der Waals surface area contributed by atoms with E-state index in [0.29, 0.717) is 24.7 Å². The van der Waals surface area contributed by atoms with Gasteiger partial charge in [0.2, 0.25) is 0 Å². The number of pyridine rings is 1. The molecule has 0 amide bonds. The molecular formula is C21H26N2O4. The highest BCUT2D eigenvalue weighted by molar-refractivity contribution is 5.70. The smallest absolute Gasteiger partial charge is 0.307 e. The molecule has 2 atom stereocenters. The Morgan fingerprint density at radius 3 is 2.85 bits per heavy atom. The summed E-state index contributed by atoms with van der Waals surface area (Å²) in [7, 11) is 1.62. The molecule has 1 saturated heterocycles. The van der Waals surface area contributed by atoms with E-state index in [-0.39, 0.29) is 12.0 Å². The SMILES string of the molecule is CCOc1cc(C(c2cccnc2)N2CCCC(C(=O)O)C2)ccc1OC. The zero-order chi connectivity index (χ0) is 19.2. The fourth-order valence-corrected chi connectivity index (χ4v) is 3.73. The van der Waals surface area contributed by atoms with Gasteiger partial charge in [-0.1, -0.05) is 12.1 Å². The molecule has 0 saturated carbocycles. The molecule has 0 spiro atoms. The van der Waals surface area contributed by atoms with Crippen molar-refractivity contribution in [3.05, 3.63) is 53.9 Å². The number of methoxy groups -OCH3 is 1. The van der Waals surface area contributed by atoms with Gasteiger partial charge in [0.15, 0.2) is 11.5 Å². The number of carboxylic acids is 1. The fraction of sp³-hybridized carbons (Fsp3) is 0.429. The maximum atomic E-state index is 11.5. The predicted molar refractivity (Wildman–Crippen MR) is 102 cm³/mol. The minimum Gasteiger partial charge on any atom is -0.493 e. The van der Waals surface area contributed by atoms with Gasteiger partial charge >= 0.3 is 5.97 Å². The van der Waals surface area contributed by atoms with Crippen LogP contribution in [0.4, 0.5) is 0 Å². The minimum atomic E-state index is -0.727. The summed E-state index contributed by atoms with van der Waals surface area (Å²) in [6.45, 7) is 3.85. The molecule has 27 heavy (non-hydrogen) atoms. The number of aliphatic carboxylic acids is 1. The number of carbonyl (C=O) groups is 1. The predicted octanol–water partition coefficient (Wildman–Crippen LogP) is 3.37. The van der Waals surface area contributed by atoms with Crippen LogP contribution in [0.2, 0.25) is 0 Å². The quantitative estimate of drug-likeness (QED) is 0.806. The molecule has 1 aliphatic heterocycles. The summed E-state index contributed by atoms with van der Waals surface area (Å²) in [5.74, 6) is 0.308. The van der Waals surface area contributed by atoms with Crippen molar-refractivity contribution in [2.45, 2.75) is 25.8 Å². The Kier molecular flexibility index (Phi) is 6.29. The standard InChI is InChI=1S/C21H26N2O4/c1-3-27-19-12-15(8-9-18(19)26-2)20(16-6-4-10-22-13-16)23-11-5-7-17(14-23)21(24)25/h4,6,8-10,12-13,17,20H,3,5,7,11,14H2,1-2H3,(H,24,25). The molecule has 0 bridgehead atoms. The van der Waals surface area contributed by atoms with Gasteiger partial charge in [0.25, 0.3) is 0 Å². The molecule has 0 aliphatic carbocycles. The van der Waals surface area contributed by atoms with Crippen molar-refractivity contribution in [2.75, 3.05) is 26.8 Å². The number of benzene rings is 1. The van der Waals surface area contributed by atoms with Crippen LogP contribution in [0.1, 0.15) is 36.9 Å². The van der Waals surface area contributed by atoms with E-state index < -0.39 is 5.97 Å². The van der Waals surface area contributed by atoms with Crippen molar-refractivity contribution in [1.29, 1.82) is 0 Å². The van der Waals surface area contributed by atoms with Gasteiger partial charge in [-0.2, -0.15) is 0 Å². The van der Waals surface area contributed by atoms with Crippen LogP contribution < -0.4 is 9.47 Å². The zero-order valence-electron chi connectivity index (χ0n) is 15.8. The maximum absolute atomic E-state index is 11.5. The molecule has 2 aromatic rings. The van der Waals surface area contributed by atoms with Crippen molar-refractivity contribution >= 4 is 5.97 Å². The van der Waals surface area contributed by atoms with E-state index in [2.05, 4.69) is 9.88 Å². The lowest BCUT2D eigenvalue weighted by Gasteiger charge is -2.37. The highest BCUT2D eigenvalue weighted by Crippen LogP contribution is 2.37. The second-order valence-electron chi connectivity index (χ2n) is 6.70. The Morgan fingerprint density at radius 1 is 1.33 bits per heavy atom. The van der Waals surface area contributed by atoms with Gasteiger partial charge in [0.1, 0.15) is 0 Å². The Bertz CT molecular complexity index is 766. The lowest BCUT2D eigenvalue weighted by molar-refractivity contribution is -0.143. The molecule has 6 nitrogen and oxygen atoms in total. The van der Waals surface area contributed by atoms with Crippen molar-refractivity contribution in [3.63, 3.8) is 0 Å². The second kappa shape index (κ2) is 8.86. The Hall–Kier alpha value is -2.60. The van der Waals surface area contributed by atoms with Gasteiger partial charge in [0.05, 0.1) is 25.7 Å². The first-order chi connectivity index (χ1) is 13.1. The number of ether oxygens (including phenoxy) is 2. The second-order valence-corrected chi connectivity index (χ2v) is 6.70. The number of piperidine rings is 1. The van der Waals surface area contributed by atoms with Crippen molar-refractivity contribution in [3.8, 4) is 11.5 Å². The lowest BCUT2D eigenvalue weighted by Crippen LogP contribution is -2.41. The molecular weight excluding hydrogens is 344 g/mol. The van der Waals surface area contributed by atoms with E-state index in [1.54, 1.807) is 13.3 Å². The summed E-state index contributed by atoms with van der Waals surface area (Å²) in [5, 5.41) is 9.49. The van der Waals surface area contributed by atoms with Crippen molar-refractivity contribution in [2.24, 2.45) is 5.92 Å². The molecule has 2 heterocycles. The fourth-order valence-electron chi connectivity index (χ4n) is 3.73. The number of hydrogen-bond acceptors (Lipinski definition) is 5. The van der Waals surface area contributed by atoms with Crippen LogP contribution in [0.5, 0.6) is 11.5 Å². The lowest BCUT2D eigenvalue weighted by atomic mass is 9.92. The van der Waals surface area contributed by atoms with Gasteiger partial charge in [-0.25, -0.2) is 0 Å². The van der Waals surface area contributed by atoms with E-state index in [4.69, 9.17) is 9.47 Å². The molecule has 1 aromatic carbocycles. The third-order valence-electron chi connectivity index (χ3n) is 4.97. The summed E-state index contributed by atoms with van der Waals surface area (Å²) < 4.78 is 11.2. The van der Waals surface area contributed by atoms with Crippen LogP contribution in [0.25, 0.3) is 0 Å². The number of hydrogen-bond donors (Lipinski definition) is 1. The first-order valence-corrected chi connectivity index (χ1v) is 9.31. The Labute approximate surface area is 159 Å². The number of aromatic nitrogens is 1. The Morgan fingerprint density at radius 2 is 2.19 bits per heavy atom. The topological polar surface area (TPSA) is 71.9 Å². The molecule has 1 N–H and O–H groups in total. The summed E-state index contributed by atoms with van der Waals surface area (Å²) >= 11 is 0. The van der Waals surface area contributed by atoms with Gasteiger partial charge in [-0.15, -0.1) is 0 Å². The highest BCUT2D eigenvalue weighted by atomic mass is 16.5. The van der Waals surface area contributed by atoms with Crippen LogP contribution in [-0.4, -0.2) is 47.8 Å². The number of rotatable bonds is 7. The van der Waals surface area contributed by atoms with E-state index in [9.17, 15) is 9.90 Å². The maximum Gasteiger partial charge on any atom is 0.307 e. The molecule has 144 valence electrons. The third kappa shape index (κ3) is 4.39. The largest absolute Gasteiger partial charge is 0.493 e. The van der Waals surface area contributed by atoms with Crippen LogP contribution in [-0.2, 0) is 4.79 Å². The highest BCUT2D eigenvalue weighted by Gasteiger charge is 2.31. The summed E-state index contributed by atoms with van der Waals surface area (Å²) in [4.78, 5) is 18.0. The molecule has 1 fully saturated rings. The first kappa shape index (κ1) is 19.2. The number of nitrogens with zero attached hydrogens (tertiary/aromatic N) is 2. The van der Waals surface area contributed by atoms with Crippen LogP contribution in [0.15, 0.2) is 42.7 Å². The monoisotopic (exact) mass is 370 g/mol. The van der Waals surface area contributed by atoms with Crippen LogP contribution in [0, 0.1) is 5.92 Å². The summed E-state index contributed by atoms with van der Waals surface area (Å²) in [5.41, 5.74) is 2.08. The summed E-state index contributed by atoms with van der Waals surface area (Å²) in [6.07, 6.45) is 5.18. The number of likely N-dealkylation sites (tertiary alicyclic amines) is 1. The van der Waals surface area contributed by atoms with E-state index >= 15 is 0 Å². The molecule has 6 heteroatoms. The molecule has 3 rings (SSSR count). The average Bonchev–Trinajstić information content (AvgIpc) is 2.70. The zero-order valence-corrected chi connectivity index (χ0v) is 15.8. The average molecular weight is 370 g/mol. The number of carboxylic acid groups (broad SMARTS) is 1.